The van der Waals surface area contributed by atoms with Crippen molar-refractivity contribution in [2.75, 3.05) is 11.9 Å². The number of nitrogens with one attached hydrogen (secondary N) is 2. The first kappa shape index (κ1) is 13.8. The summed E-state index contributed by atoms with van der Waals surface area (Å²) in [7, 11) is 0. The van der Waals surface area contributed by atoms with E-state index in [-0.39, 0.29) is 12.6 Å². The minimum Gasteiger partial charge on any atom is -0.388 e. The van der Waals surface area contributed by atoms with Crippen molar-refractivity contribution in [3.05, 3.63) is 29.3 Å². The number of aliphatic hydroxyl groups is 1. The highest BCUT2D eigenvalue weighted by Crippen LogP contribution is 2.14. The van der Waals surface area contributed by atoms with Crippen molar-refractivity contribution in [3.8, 4) is 0 Å². The van der Waals surface area contributed by atoms with Crippen molar-refractivity contribution in [1.29, 1.82) is 0 Å². The molecule has 94 valence electrons. The van der Waals surface area contributed by atoms with Crippen LogP contribution in [-0.4, -0.2) is 23.3 Å². The SMILES string of the molecule is CC[C@](C)(O)CNC(=O)Nc1cccc(Cl)c1. The molecule has 0 aliphatic rings. The molecule has 0 saturated carbocycles. The molecule has 17 heavy (non-hydrogen) atoms. The summed E-state index contributed by atoms with van der Waals surface area (Å²) in [4.78, 5) is 11.5. The Balaban J connectivity index is 2.45. The first-order valence-electron chi connectivity index (χ1n) is 5.46. The number of urea groups is 1. The van der Waals surface area contributed by atoms with Crippen LogP contribution in [0.1, 0.15) is 20.3 Å². The highest BCUT2D eigenvalue weighted by molar-refractivity contribution is 6.30. The summed E-state index contributed by atoms with van der Waals surface area (Å²) in [6.07, 6.45) is 0.574. The first-order valence-corrected chi connectivity index (χ1v) is 5.83. The van der Waals surface area contributed by atoms with Gasteiger partial charge in [-0.3, -0.25) is 0 Å². The minimum atomic E-state index is -0.883. The maximum atomic E-state index is 11.5. The van der Waals surface area contributed by atoms with Crippen LogP contribution in [0.4, 0.5) is 10.5 Å². The Kier molecular flexibility index (Phi) is 4.78. The fraction of sp³-hybridized carbons (Fsp3) is 0.417. The molecule has 0 bridgehead atoms. The summed E-state index contributed by atoms with van der Waals surface area (Å²) in [5.74, 6) is 0. The number of carbonyl (C=O) groups is 1. The molecule has 0 aliphatic heterocycles. The lowest BCUT2D eigenvalue weighted by molar-refractivity contribution is 0.0587. The van der Waals surface area contributed by atoms with Gasteiger partial charge in [0.15, 0.2) is 0 Å². The van der Waals surface area contributed by atoms with Gasteiger partial charge >= 0.3 is 6.03 Å². The molecule has 3 N–H and O–H groups in total. The molecule has 1 aromatic rings. The summed E-state index contributed by atoms with van der Waals surface area (Å²) < 4.78 is 0. The quantitative estimate of drug-likeness (QED) is 0.776. The van der Waals surface area contributed by atoms with Gasteiger partial charge in [-0.25, -0.2) is 4.79 Å². The third-order valence-corrected chi connectivity index (χ3v) is 2.71. The van der Waals surface area contributed by atoms with Gasteiger partial charge in [0, 0.05) is 17.3 Å². The van der Waals surface area contributed by atoms with E-state index in [1.54, 1.807) is 31.2 Å². The monoisotopic (exact) mass is 256 g/mol. The number of halogens is 1. The van der Waals surface area contributed by atoms with Crippen LogP contribution in [0.2, 0.25) is 5.02 Å². The zero-order valence-corrected chi connectivity index (χ0v) is 10.7. The predicted octanol–water partition coefficient (Wildman–Crippen LogP) is 2.62. The Hall–Kier alpha value is -1.26. The van der Waals surface area contributed by atoms with Crippen LogP contribution in [0.5, 0.6) is 0 Å². The van der Waals surface area contributed by atoms with Crippen LogP contribution >= 0.6 is 11.6 Å². The maximum absolute atomic E-state index is 11.5. The third-order valence-electron chi connectivity index (χ3n) is 2.47. The maximum Gasteiger partial charge on any atom is 0.319 e. The topological polar surface area (TPSA) is 61.4 Å². The van der Waals surface area contributed by atoms with Gasteiger partial charge in [0.05, 0.1) is 5.60 Å². The van der Waals surface area contributed by atoms with Crippen molar-refractivity contribution in [2.45, 2.75) is 25.9 Å². The van der Waals surface area contributed by atoms with E-state index in [2.05, 4.69) is 10.6 Å². The summed E-state index contributed by atoms with van der Waals surface area (Å²) >= 11 is 5.79. The average molecular weight is 257 g/mol. The molecule has 0 saturated heterocycles. The zero-order chi connectivity index (χ0) is 12.9. The van der Waals surface area contributed by atoms with Crippen molar-refractivity contribution in [1.82, 2.24) is 5.32 Å². The van der Waals surface area contributed by atoms with E-state index in [1.807, 2.05) is 6.92 Å². The van der Waals surface area contributed by atoms with Crippen LogP contribution in [0.25, 0.3) is 0 Å². The summed E-state index contributed by atoms with van der Waals surface area (Å²) in [5.41, 5.74) is -0.266. The van der Waals surface area contributed by atoms with Gasteiger partial charge in [0.25, 0.3) is 0 Å². The Morgan fingerprint density at radius 2 is 2.24 bits per heavy atom. The number of amides is 2. The Morgan fingerprint density at radius 3 is 2.82 bits per heavy atom. The van der Waals surface area contributed by atoms with Crippen molar-refractivity contribution in [2.24, 2.45) is 0 Å². The number of anilines is 1. The second-order valence-corrected chi connectivity index (χ2v) is 4.60. The van der Waals surface area contributed by atoms with Crippen LogP contribution in [-0.2, 0) is 0 Å². The predicted molar refractivity (Wildman–Crippen MR) is 69.4 cm³/mol. The smallest absolute Gasteiger partial charge is 0.319 e. The number of carbonyl (C=O) groups excluding carboxylic acids is 1. The molecule has 1 atom stereocenters. The van der Waals surface area contributed by atoms with Crippen LogP contribution in [0.15, 0.2) is 24.3 Å². The molecule has 0 fully saturated rings. The summed E-state index contributed by atoms with van der Waals surface area (Å²) in [6, 6.07) is 6.51. The molecular weight excluding hydrogens is 240 g/mol. The van der Waals surface area contributed by atoms with Gasteiger partial charge < -0.3 is 15.7 Å². The van der Waals surface area contributed by atoms with Crippen molar-refractivity contribution < 1.29 is 9.90 Å². The second kappa shape index (κ2) is 5.89. The number of hydrogen-bond donors (Lipinski definition) is 3. The zero-order valence-electron chi connectivity index (χ0n) is 9.96. The third kappa shape index (κ3) is 5.06. The van der Waals surface area contributed by atoms with Crippen LogP contribution in [0.3, 0.4) is 0 Å². The van der Waals surface area contributed by atoms with Gasteiger partial charge in [-0.1, -0.05) is 24.6 Å². The normalized spacial score (nSPS) is 13.9. The standard InChI is InChI=1S/C12H17ClN2O2/c1-3-12(2,17)8-14-11(16)15-10-6-4-5-9(13)7-10/h4-7,17H,3,8H2,1-2H3,(H2,14,15,16)/t12-/m0/s1. The molecule has 0 spiro atoms. The van der Waals surface area contributed by atoms with Gasteiger partial charge in [-0.2, -0.15) is 0 Å². The van der Waals surface area contributed by atoms with E-state index in [4.69, 9.17) is 11.6 Å². The first-order chi connectivity index (χ1) is 7.93. The van der Waals surface area contributed by atoms with Crippen LogP contribution in [0, 0.1) is 0 Å². The lowest BCUT2D eigenvalue weighted by atomic mass is 10.0. The summed E-state index contributed by atoms with van der Waals surface area (Å²) in [5, 5.41) is 15.5. The summed E-state index contributed by atoms with van der Waals surface area (Å²) in [6.45, 7) is 3.74. The molecule has 0 aromatic heterocycles. The van der Waals surface area contributed by atoms with Gasteiger partial charge in [0.2, 0.25) is 0 Å². The van der Waals surface area contributed by atoms with E-state index in [1.165, 1.54) is 0 Å². The van der Waals surface area contributed by atoms with E-state index >= 15 is 0 Å². The van der Waals surface area contributed by atoms with Crippen molar-refractivity contribution >= 4 is 23.3 Å². The van der Waals surface area contributed by atoms with E-state index < -0.39 is 5.60 Å². The van der Waals surface area contributed by atoms with Gasteiger partial charge in [0.1, 0.15) is 0 Å². The Bertz CT molecular complexity index is 394. The fourth-order valence-corrected chi connectivity index (χ4v) is 1.33. The molecule has 2 amide bonds. The van der Waals surface area contributed by atoms with E-state index in [9.17, 15) is 9.90 Å². The molecule has 0 unspecified atom stereocenters. The highest BCUT2D eigenvalue weighted by atomic mass is 35.5. The van der Waals surface area contributed by atoms with Crippen molar-refractivity contribution in [3.63, 3.8) is 0 Å². The Labute approximate surface area is 106 Å². The van der Waals surface area contributed by atoms with E-state index in [0.29, 0.717) is 17.1 Å². The number of benzene rings is 1. The largest absolute Gasteiger partial charge is 0.388 e. The lowest BCUT2D eigenvalue weighted by Crippen LogP contribution is -2.41. The Morgan fingerprint density at radius 1 is 1.53 bits per heavy atom. The molecule has 0 heterocycles. The number of rotatable bonds is 4. The molecule has 1 rings (SSSR count). The molecule has 0 radical (unpaired) electrons. The highest BCUT2D eigenvalue weighted by Gasteiger charge is 2.18. The molecule has 1 aromatic carbocycles. The van der Waals surface area contributed by atoms with Gasteiger partial charge in [-0.15, -0.1) is 0 Å². The van der Waals surface area contributed by atoms with Gasteiger partial charge in [-0.05, 0) is 31.5 Å². The minimum absolute atomic E-state index is 0.204. The molecule has 4 nitrogen and oxygen atoms in total. The molecular formula is C12H17ClN2O2. The van der Waals surface area contributed by atoms with E-state index in [0.717, 1.165) is 0 Å². The fourth-order valence-electron chi connectivity index (χ4n) is 1.14. The molecule has 0 aliphatic carbocycles. The lowest BCUT2D eigenvalue weighted by Gasteiger charge is -2.21. The average Bonchev–Trinajstić information content (AvgIpc) is 2.27. The van der Waals surface area contributed by atoms with Crippen LogP contribution < -0.4 is 10.6 Å². The molecule has 5 heteroatoms. The number of hydrogen-bond acceptors (Lipinski definition) is 2. The second-order valence-electron chi connectivity index (χ2n) is 4.17.